The number of hydrogen-bond donors (Lipinski definition) is 1. The van der Waals surface area contributed by atoms with Crippen molar-refractivity contribution in [2.24, 2.45) is 0 Å². The van der Waals surface area contributed by atoms with Gasteiger partial charge >= 0.3 is 0 Å². The molecule has 1 N–H and O–H groups in total. The normalized spacial score (nSPS) is 15.4. The summed E-state index contributed by atoms with van der Waals surface area (Å²) in [5.74, 6) is 1.51. The van der Waals surface area contributed by atoms with Crippen molar-refractivity contribution in [3.05, 3.63) is 65.0 Å². The van der Waals surface area contributed by atoms with E-state index < -0.39 is 0 Å². The lowest BCUT2D eigenvalue weighted by atomic mass is 9.97. The monoisotopic (exact) mass is 410 g/mol. The van der Waals surface area contributed by atoms with Gasteiger partial charge in [0.05, 0.1) is 6.54 Å². The maximum absolute atomic E-state index is 12.3. The average molecular weight is 411 g/mol. The molecule has 1 saturated heterocycles. The lowest BCUT2D eigenvalue weighted by Crippen LogP contribution is -2.38. The number of anilines is 1. The molecule has 0 unspecified atom stereocenters. The highest BCUT2D eigenvalue weighted by Crippen LogP contribution is 2.28. The molecule has 1 aromatic heterocycles. The smallest absolute Gasteiger partial charge is 0.238 e. The molecule has 29 heavy (non-hydrogen) atoms. The Kier molecular flexibility index (Phi) is 5.92. The molecule has 3 aromatic rings. The van der Waals surface area contributed by atoms with Crippen molar-refractivity contribution < 1.29 is 9.32 Å². The fourth-order valence-electron chi connectivity index (χ4n) is 3.53. The van der Waals surface area contributed by atoms with E-state index in [1.165, 1.54) is 5.56 Å². The van der Waals surface area contributed by atoms with Crippen molar-refractivity contribution >= 4 is 23.2 Å². The highest BCUT2D eigenvalue weighted by Gasteiger charge is 2.26. The summed E-state index contributed by atoms with van der Waals surface area (Å²) in [5, 5.41) is 7.64. The number of aryl methyl sites for hydroxylation is 1. The Balaban J connectivity index is 1.29. The molecule has 0 bridgehead atoms. The fraction of sp³-hybridized carbons (Fsp3) is 0.318. The lowest BCUT2D eigenvalue weighted by molar-refractivity contribution is -0.117. The fourth-order valence-corrected chi connectivity index (χ4v) is 3.72. The number of halogens is 1. The van der Waals surface area contributed by atoms with Crippen molar-refractivity contribution in [2.45, 2.75) is 25.7 Å². The predicted molar refractivity (Wildman–Crippen MR) is 113 cm³/mol. The van der Waals surface area contributed by atoms with Crippen molar-refractivity contribution in [3.8, 4) is 11.4 Å². The van der Waals surface area contributed by atoms with Crippen molar-refractivity contribution in [2.75, 3.05) is 25.0 Å². The van der Waals surface area contributed by atoms with Gasteiger partial charge in [0, 0.05) is 22.2 Å². The van der Waals surface area contributed by atoms with Crippen LogP contribution in [0.5, 0.6) is 0 Å². The van der Waals surface area contributed by atoms with Gasteiger partial charge in [0.2, 0.25) is 17.6 Å². The quantitative estimate of drug-likeness (QED) is 0.669. The Morgan fingerprint density at radius 1 is 1.21 bits per heavy atom. The van der Waals surface area contributed by atoms with Gasteiger partial charge in [0.15, 0.2) is 0 Å². The molecule has 2 aromatic carbocycles. The molecule has 1 fully saturated rings. The number of nitrogens with zero attached hydrogens (tertiary/aromatic N) is 3. The molecule has 0 aliphatic carbocycles. The van der Waals surface area contributed by atoms with Crippen LogP contribution in [0, 0.1) is 6.92 Å². The number of rotatable bonds is 5. The van der Waals surface area contributed by atoms with E-state index in [1.54, 1.807) is 12.1 Å². The molecule has 0 saturated carbocycles. The summed E-state index contributed by atoms with van der Waals surface area (Å²) in [5.41, 5.74) is 2.87. The third kappa shape index (κ3) is 5.02. The Morgan fingerprint density at radius 3 is 2.69 bits per heavy atom. The van der Waals surface area contributed by atoms with Crippen molar-refractivity contribution in [1.29, 1.82) is 0 Å². The zero-order chi connectivity index (χ0) is 20.2. The molecule has 0 spiro atoms. The van der Waals surface area contributed by atoms with Crippen LogP contribution in [0.2, 0.25) is 5.02 Å². The topological polar surface area (TPSA) is 71.3 Å². The molecular weight excluding hydrogens is 388 g/mol. The Labute approximate surface area is 174 Å². The van der Waals surface area contributed by atoms with Crippen LogP contribution in [0.25, 0.3) is 11.4 Å². The molecule has 6 nitrogen and oxygen atoms in total. The first-order valence-corrected chi connectivity index (χ1v) is 10.1. The molecule has 150 valence electrons. The number of carbonyl (C=O) groups excluding carboxylic acids is 1. The van der Waals surface area contributed by atoms with Gasteiger partial charge < -0.3 is 9.84 Å². The van der Waals surface area contributed by atoms with Crippen LogP contribution < -0.4 is 5.32 Å². The average Bonchev–Trinajstić information content (AvgIpc) is 3.19. The highest BCUT2D eigenvalue weighted by molar-refractivity contribution is 6.30. The molecular formula is C22H23ClN4O2. The summed E-state index contributed by atoms with van der Waals surface area (Å²) in [6, 6.07) is 15.3. The van der Waals surface area contributed by atoms with E-state index >= 15 is 0 Å². The van der Waals surface area contributed by atoms with E-state index in [0.717, 1.165) is 31.5 Å². The van der Waals surface area contributed by atoms with Gasteiger partial charge in [-0.2, -0.15) is 4.98 Å². The number of carbonyl (C=O) groups is 1. The van der Waals surface area contributed by atoms with E-state index in [0.29, 0.717) is 29.0 Å². The minimum Gasteiger partial charge on any atom is -0.339 e. The van der Waals surface area contributed by atoms with Crippen molar-refractivity contribution in [1.82, 2.24) is 15.0 Å². The first kappa shape index (κ1) is 19.6. The summed E-state index contributed by atoms with van der Waals surface area (Å²) < 4.78 is 5.52. The van der Waals surface area contributed by atoms with Crippen LogP contribution in [-0.4, -0.2) is 40.6 Å². The minimum atomic E-state index is -0.0369. The number of hydrogen-bond acceptors (Lipinski definition) is 5. The third-order valence-electron chi connectivity index (χ3n) is 5.16. The molecule has 1 amide bonds. The first-order chi connectivity index (χ1) is 14.1. The van der Waals surface area contributed by atoms with Crippen LogP contribution in [-0.2, 0) is 4.79 Å². The Morgan fingerprint density at radius 2 is 1.97 bits per heavy atom. The predicted octanol–water partition coefficient (Wildman–Crippen LogP) is 4.52. The van der Waals surface area contributed by atoms with E-state index in [-0.39, 0.29) is 11.8 Å². The van der Waals surface area contributed by atoms with Gasteiger partial charge in [-0.05, 0) is 51.1 Å². The lowest BCUT2D eigenvalue weighted by Gasteiger charge is -2.29. The number of likely N-dealkylation sites (tertiary alicyclic amines) is 1. The summed E-state index contributed by atoms with van der Waals surface area (Å²) >= 11 is 5.96. The second-order valence-electron chi connectivity index (χ2n) is 7.43. The largest absolute Gasteiger partial charge is 0.339 e. The van der Waals surface area contributed by atoms with Gasteiger partial charge in [0.25, 0.3) is 0 Å². The molecule has 7 heteroatoms. The summed E-state index contributed by atoms with van der Waals surface area (Å²) in [6.07, 6.45) is 1.78. The molecule has 0 radical (unpaired) electrons. The number of nitrogens with one attached hydrogen (secondary N) is 1. The van der Waals surface area contributed by atoms with Gasteiger partial charge in [-0.3, -0.25) is 9.69 Å². The van der Waals surface area contributed by atoms with Crippen LogP contribution in [0.15, 0.2) is 53.1 Å². The van der Waals surface area contributed by atoms with E-state index in [1.807, 2.05) is 36.4 Å². The third-order valence-corrected chi connectivity index (χ3v) is 5.40. The summed E-state index contributed by atoms with van der Waals surface area (Å²) in [7, 11) is 0. The highest BCUT2D eigenvalue weighted by atomic mass is 35.5. The van der Waals surface area contributed by atoms with Crippen LogP contribution in [0.3, 0.4) is 0 Å². The number of benzene rings is 2. The SMILES string of the molecule is Cc1ccc(-c2noc(C3CCN(CC(=O)Nc4cccc(Cl)c4)CC3)n2)cc1. The van der Waals surface area contributed by atoms with E-state index in [2.05, 4.69) is 27.3 Å². The Bertz CT molecular complexity index is 978. The molecule has 1 aliphatic heterocycles. The second-order valence-corrected chi connectivity index (χ2v) is 7.87. The van der Waals surface area contributed by atoms with Gasteiger partial charge in [0.1, 0.15) is 0 Å². The maximum Gasteiger partial charge on any atom is 0.238 e. The van der Waals surface area contributed by atoms with Gasteiger partial charge in [-0.1, -0.05) is 52.7 Å². The second kappa shape index (κ2) is 8.76. The van der Waals surface area contributed by atoms with Crippen LogP contribution in [0.1, 0.15) is 30.2 Å². The summed E-state index contributed by atoms with van der Waals surface area (Å²) in [4.78, 5) is 19.0. The minimum absolute atomic E-state index is 0.0369. The standard InChI is InChI=1S/C22H23ClN4O2/c1-15-5-7-16(8-6-15)21-25-22(29-26-21)17-9-11-27(12-10-17)14-20(28)24-19-4-2-3-18(23)13-19/h2-8,13,17H,9-12,14H2,1H3,(H,24,28). The van der Waals surface area contributed by atoms with E-state index in [9.17, 15) is 4.79 Å². The first-order valence-electron chi connectivity index (χ1n) is 9.75. The van der Waals surface area contributed by atoms with Gasteiger partial charge in [-0.15, -0.1) is 0 Å². The van der Waals surface area contributed by atoms with Crippen LogP contribution in [0.4, 0.5) is 5.69 Å². The summed E-state index contributed by atoms with van der Waals surface area (Å²) in [6.45, 7) is 4.04. The number of piperidine rings is 1. The molecule has 0 atom stereocenters. The van der Waals surface area contributed by atoms with Gasteiger partial charge in [-0.25, -0.2) is 0 Å². The maximum atomic E-state index is 12.3. The zero-order valence-electron chi connectivity index (χ0n) is 16.3. The number of amides is 1. The zero-order valence-corrected chi connectivity index (χ0v) is 17.0. The number of aromatic nitrogens is 2. The molecule has 4 rings (SSSR count). The van der Waals surface area contributed by atoms with E-state index in [4.69, 9.17) is 16.1 Å². The molecule has 2 heterocycles. The van der Waals surface area contributed by atoms with Crippen molar-refractivity contribution in [3.63, 3.8) is 0 Å². The Hall–Kier alpha value is -2.70. The molecule has 1 aliphatic rings. The van der Waals surface area contributed by atoms with Crippen LogP contribution >= 0.6 is 11.6 Å².